The fourth-order valence-electron chi connectivity index (χ4n) is 2.21. The van der Waals surface area contributed by atoms with Crippen LogP contribution >= 0.6 is 23.5 Å². The van der Waals surface area contributed by atoms with Gasteiger partial charge in [0.15, 0.2) is 11.0 Å². The van der Waals surface area contributed by atoms with E-state index in [1.54, 1.807) is 30.1 Å². The van der Waals surface area contributed by atoms with Gasteiger partial charge < -0.3 is 4.74 Å². The Labute approximate surface area is 159 Å². The summed E-state index contributed by atoms with van der Waals surface area (Å²) in [5, 5.41) is 0.433. The first-order valence-electron chi connectivity index (χ1n) is 7.58. The number of anilines is 1. The molecule has 0 saturated carbocycles. The number of esters is 1. The van der Waals surface area contributed by atoms with E-state index in [0.29, 0.717) is 16.7 Å². The molecule has 6 nitrogen and oxygen atoms in total. The molecule has 1 fully saturated rings. The van der Waals surface area contributed by atoms with Gasteiger partial charge in [0.2, 0.25) is 0 Å². The van der Waals surface area contributed by atoms with Gasteiger partial charge >= 0.3 is 5.97 Å². The van der Waals surface area contributed by atoms with Crippen molar-refractivity contribution in [1.29, 1.82) is 0 Å². The Bertz CT molecular complexity index is 898. The lowest BCUT2D eigenvalue weighted by atomic mass is 10.3. The number of carbonyl (C=O) groups is 2. The van der Waals surface area contributed by atoms with Gasteiger partial charge in [0.1, 0.15) is 0 Å². The Morgan fingerprint density at radius 3 is 2.85 bits per heavy atom. The number of nitrogens with zero attached hydrogens (tertiary/aromatic N) is 3. The minimum absolute atomic E-state index is 0.251. The van der Waals surface area contributed by atoms with Crippen molar-refractivity contribution in [2.24, 2.45) is 4.99 Å². The lowest BCUT2D eigenvalue weighted by Crippen LogP contribution is -2.28. The summed E-state index contributed by atoms with van der Waals surface area (Å²) in [6, 6.07) is 12.9. The third-order valence-corrected chi connectivity index (χ3v) is 5.12. The van der Waals surface area contributed by atoms with Crippen LogP contribution in [0.3, 0.4) is 0 Å². The Morgan fingerprint density at radius 2 is 2.15 bits per heavy atom. The van der Waals surface area contributed by atoms with Crippen LogP contribution in [0.25, 0.3) is 0 Å². The molecule has 1 saturated heterocycles. The summed E-state index contributed by atoms with van der Waals surface area (Å²) in [7, 11) is 1.27. The minimum Gasteiger partial charge on any atom is -0.466 e. The van der Waals surface area contributed by atoms with E-state index in [0.717, 1.165) is 16.7 Å². The van der Waals surface area contributed by atoms with Gasteiger partial charge in [-0.15, -0.1) is 11.8 Å². The SMILES string of the molecule is COC(=O)/C=C1\SC(=Nc2ccccn2)N(c2cccc(SC)c2)C1=O. The highest BCUT2D eigenvalue weighted by Crippen LogP contribution is 2.36. The number of ether oxygens (including phenoxy) is 1. The van der Waals surface area contributed by atoms with Crippen molar-refractivity contribution in [3.8, 4) is 0 Å². The predicted octanol–water partition coefficient (Wildman–Crippen LogP) is 3.63. The van der Waals surface area contributed by atoms with E-state index in [1.807, 2.05) is 36.6 Å². The van der Waals surface area contributed by atoms with Crippen LogP contribution in [0.15, 0.2) is 69.5 Å². The van der Waals surface area contributed by atoms with Gasteiger partial charge in [0.25, 0.3) is 5.91 Å². The van der Waals surface area contributed by atoms with Crippen molar-refractivity contribution in [1.82, 2.24) is 4.98 Å². The summed E-state index contributed by atoms with van der Waals surface area (Å²) in [5.41, 5.74) is 0.678. The average Bonchev–Trinajstić information content (AvgIpc) is 2.97. The van der Waals surface area contributed by atoms with Crippen LogP contribution in [0.2, 0.25) is 0 Å². The first-order chi connectivity index (χ1) is 12.6. The molecule has 132 valence electrons. The molecule has 2 heterocycles. The van der Waals surface area contributed by atoms with E-state index in [9.17, 15) is 9.59 Å². The molecule has 0 atom stereocenters. The van der Waals surface area contributed by atoms with Crippen LogP contribution in [-0.4, -0.2) is 35.4 Å². The number of rotatable bonds is 4. The van der Waals surface area contributed by atoms with Gasteiger partial charge in [-0.3, -0.25) is 9.69 Å². The number of carbonyl (C=O) groups excluding carboxylic acids is 2. The molecule has 0 spiro atoms. The minimum atomic E-state index is -0.585. The molecule has 0 unspecified atom stereocenters. The number of amides is 1. The van der Waals surface area contributed by atoms with E-state index >= 15 is 0 Å². The largest absolute Gasteiger partial charge is 0.466 e. The quantitative estimate of drug-likeness (QED) is 0.455. The zero-order chi connectivity index (χ0) is 18.5. The third-order valence-electron chi connectivity index (χ3n) is 3.43. The molecule has 1 aliphatic heterocycles. The molecule has 1 aromatic heterocycles. The highest BCUT2D eigenvalue weighted by atomic mass is 32.2. The first kappa shape index (κ1) is 18.2. The molecular weight excluding hydrogens is 370 g/mol. The monoisotopic (exact) mass is 385 g/mol. The number of benzene rings is 1. The number of pyridine rings is 1. The van der Waals surface area contributed by atoms with Crippen molar-refractivity contribution >= 4 is 52.1 Å². The van der Waals surface area contributed by atoms with Gasteiger partial charge in [-0.1, -0.05) is 12.1 Å². The number of thioether (sulfide) groups is 2. The van der Waals surface area contributed by atoms with E-state index in [2.05, 4.69) is 14.7 Å². The second-order valence-corrected chi connectivity index (χ2v) is 6.95. The number of aliphatic imine (C=N–C) groups is 1. The standard InChI is InChI=1S/C18H15N3O3S2/c1-24-16(22)11-14-17(23)21(12-6-5-7-13(10-12)25-2)18(26-14)20-15-8-3-4-9-19-15/h3-11H,1-2H3/b14-11-,20-18?. The molecule has 0 N–H and O–H groups in total. The van der Waals surface area contributed by atoms with Gasteiger partial charge in [-0.25, -0.2) is 14.8 Å². The lowest BCUT2D eigenvalue weighted by molar-refractivity contribution is -0.135. The Hall–Kier alpha value is -2.58. The van der Waals surface area contributed by atoms with E-state index in [4.69, 9.17) is 0 Å². The van der Waals surface area contributed by atoms with Crippen molar-refractivity contribution < 1.29 is 14.3 Å². The highest BCUT2D eigenvalue weighted by Gasteiger charge is 2.35. The third kappa shape index (κ3) is 3.97. The molecule has 0 bridgehead atoms. The zero-order valence-electron chi connectivity index (χ0n) is 14.1. The molecule has 0 aliphatic carbocycles. The number of aromatic nitrogens is 1. The van der Waals surface area contributed by atoms with Gasteiger partial charge in [-0.2, -0.15) is 0 Å². The van der Waals surface area contributed by atoms with E-state index < -0.39 is 5.97 Å². The van der Waals surface area contributed by atoms with Crippen LogP contribution in [-0.2, 0) is 14.3 Å². The fourth-order valence-corrected chi connectivity index (χ4v) is 3.61. The summed E-state index contributed by atoms with van der Waals surface area (Å²) in [6.45, 7) is 0. The molecule has 8 heteroatoms. The van der Waals surface area contributed by atoms with E-state index in [1.165, 1.54) is 18.1 Å². The summed E-state index contributed by atoms with van der Waals surface area (Å²) in [4.78, 5) is 35.9. The predicted molar refractivity (Wildman–Crippen MR) is 105 cm³/mol. The molecular formula is C18H15N3O3S2. The maximum absolute atomic E-state index is 12.9. The lowest BCUT2D eigenvalue weighted by Gasteiger charge is -2.16. The normalized spacial score (nSPS) is 17.2. The zero-order valence-corrected chi connectivity index (χ0v) is 15.7. The number of methoxy groups -OCH3 is 1. The van der Waals surface area contributed by atoms with Crippen molar-refractivity contribution in [3.63, 3.8) is 0 Å². The van der Waals surface area contributed by atoms with Crippen LogP contribution < -0.4 is 4.90 Å². The molecule has 0 radical (unpaired) electrons. The van der Waals surface area contributed by atoms with Crippen LogP contribution in [0.4, 0.5) is 11.5 Å². The van der Waals surface area contributed by atoms with Crippen LogP contribution in [0.5, 0.6) is 0 Å². The second kappa shape index (κ2) is 8.20. The van der Waals surface area contributed by atoms with Crippen LogP contribution in [0.1, 0.15) is 0 Å². The summed E-state index contributed by atoms with van der Waals surface area (Å²) in [6.07, 6.45) is 4.77. The van der Waals surface area contributed by atoms with Gasteiger partial charge in [-0.05, 0) is 48.3 Å². The maximum atomic E-state index is 12.9. The topological polar surface area (TPSA) is 71.9 Å². The highest BCUT2D eigenvalue weighted by molar-refractivity contribution is 8.19. The molecule has 2 aromatic rings. The molecule has 3 rings (SSSR count). The smallest absolute Gasteiger partial charge is 0.331 e. The van der Waals surface area contributed by atoms with E-state index in [-0.39, 0.29) is 10.8 Å². The number of hydrogen-bond donors (Lipinski definition) is 0. The first-order valence-corrected chi connectivity index (χ1v) is 9.62. The van der Waals surface area contributed by atoms with Crippen molar-refractivity contribution in [3.05, 3.63) is 59.6 Å². The van der Waals surface area contributed by atoms with Crippen LogP contribution in [0, 0.1) is 0 Å². The summed E-state index contributed by atoms with van der Waals surface area (Å²) in [5.74, 6) is -0.431. The maximum Gasteiger partial charge on any atom is 0.331 e. The number of hydrogen-bond acceptors (Lipinski definition) is 7. The number of amidine groups is 1. The average molecular weight is 385 g/mol. The molecule has 1 aromatic carbocycles. The summed E-state index contributed by atoms with van der Waals surface area (Å²) < 4.78 is 4.64. The Morgan fingerprint density at radius 1 is 1.31 bits per heavy atom. The Kier molecular flexibility index (Phi) is 5.75. The summed E-state index contributed by atoms with van der Waals surface area (Å²) >= 11 is 2.69. The molecule has 26 heavy (non-hydrogen) atoms. The van der Waals surface area contributed by atoms with Crippen molar-refractivity contribution in [2.45, 2.75) is 4.90 Å². The molecule has 1 amide bonds. The fraction of sp³-hybridized carbons (Fsp3) is 0.111. The van der Waals surface area contributed by atoms with Gasteiger partial charge in [0.05, 0.1) is 17.7 Å². The molecule has 1 aliphatic rings. The Balaban J connectivity index is 2.06. The van der Waals surface area contributed by atoms with Crippen molar-refractivity contribution in [2.75, 3.05) is 18.3 Å². The van der Waals surface area contributed by atoms with Gasteiger partial charge in [0, 0.05) is 17.2 Å². The second-order valence-electron chi connectivity index (χ2n) is 5.06.